The number of nitrogens with zero attached hydrogens (tertiary/aromatic N) is 4. The molecule has 0 aliphatic carbocycles. The number of hydrogen-bond donors (Lipinski definition) is 0. The number of para-hydroxylation sites is 2. The van der Waals surface area contributed by atoms with E-state index in [4.69, 9.17) is 9.97 Å². The van der Waals surface area contributed by atoms with Gasteiger partial charge >= 0.3 is 0 Å². The Balaban J connectivity index is 1.17. The number of benzene rings is 4. The predicted molar refractivity (Wildman–Crippen MR) is 171 cm³/mol. The molecule has 43 heavy (non-hydrogen) atoms. The third-order valence-electron chi connectivity index (χ3n) is 8.10. The third-order valence-corrected chi connectivity index (χ3v) is 8.10. The van der Waals surface area contributed by atoms with E-state index in [0.717, 1.165) is 44.3 Å². The highest BCUT2D eigenvalue weighted by molar-refractivity contribution is 6.08. The molecule has 0 atom stereocenters. The second-order valence-electron chi connectivity index (χ2n) is 10.8. The molecule has 6 aromatic rings. The van der Waals surface area contributed by atoms with Crippen LogP contribution in [0.4, 0.5) is 0 Å². The molecule has 1 saturated heterocycles. The molecule has 1 aliphatic heterocycles. The molecular weight excluding hydrogens is 532 g/mol. The number of carbonyl (C=O) groups is 2. The highest BCUT2D eigenvalue weighted by Gasteiger charge is 2.26. The zero-order valence-corrected chi connectivity index (χ0v) is 23.7. The molecule has 0 spiro atoms. The average Bonchev–Trinajstić information content (AvgIpc) is 3.34. The smallest absolute Gasteiger partial charge is 0.254 e. The van der Waals surface area contributed by atoms with Crippen molar-refractivity contribution < 1.29 is 9.59 Å². The quantitative estimate of drug-likeness (QED) is 0.230. The van der Waals surface area contributed by atoms with E-state index in [1.54, 1.807) is 0 Å². The SMILES string of the molecule is O=C(c1cc(-c2ccccc2)nc2ccccc12)N1CCCN(C(=O)c2cc(-c3ccccc3)nc3ccccc23)CC1. The lowest BCUT2D eigenvalue weighted by Gasteiger charge is -2.23. The molecule has 1 aliphatic rings. The van der Waals surface area contributed by atoms with Gasteiger partial charge in [0, 0.05) is 48.1 Å². The van der Waals surface area contributed by atoms with Crippen molar-refractivity contribution in [2.75, 3.05) is 26.2 Å². The minimum absolute atomic E-state index is 0.0363. The van der Waals surface area contributed by atoms with E-state index in [9.17, 15) is 9.59 Å². The summed E-state index contributed by atoms with van der Waals surface area (Å²) < 4.78 is 0. The van der Waals surface area contributed by atoms with Gasteiger partial charge in [-0.3, -0.25) is 9.59 Å². The van der Waals surface area contributed by atoms with Crippen LogP contribution in [-0.4, -0.2) is 57.8 Å². The Hall–Kier alpha value is -5.36. The molecule has 7 rings (SSSR count). The monoisotopic (exact) mass is 562 g/mol. The van der Waals surface area contributed by atoms with Crippen LogP contribution in [-0.2, 0) is 0 Å². The van der Waals surface area contributed by atoms with E-state index >= 15 is 0 Å². The Morgan fingerprint density at radius 3 is 1.33 bits per heavy atom. The van der Waals surface area contributed by atoms with Gasteiger partial charge in [-0.2, -0.15) is 0 Å². The number of amides is 2. The molecule has 0 N–H and O–H groups in total. The summed E-state index contributed by atoms with van der Waals surface area (Å²) in [5.74, 6) is -0.0726. The molecule has 1 fully saturated rings. The fraction of sp³-hybridized carbons (Fsp3) is 0.135. The van der Waals surface area contributed by atoms with Crippen molar-refractivity contribution in [2.45, 2.75) is 6.42 Å². The number of aromatic nitrogens is 2. The van der Waals surface area contributed by atoms with Gasteiger partial charge in [-0.1, -0.05) is 97.1 Å². The lowest BCUT2D eigenvalue weighted by Crippen LogP contribution is -2.37. The summed E-state index contributed by atoms with van der Waals surface area (Å²) in [6, 6.07) is 39.3. The molecule has 6 nitrogen and oxygen atoms in total. The van der Waals surface area contributed by atoms with Crippen LogP contribution in [0.15, 0.2) is 121 Å². The van der Waals surface area contributed by atoms with Crippen LogP contribution in [0.1, 0.15) is 27.1 Å². The third kappa shape index (κ3) is 5.24. The Morgan fingerprint density at radius 2 is 0.884 bits per heavy atom. The minimum Gasteiger partial charge on any atom is -0.337 e. The lowest BCUT2D eigenvalue weighted by atomic mass is 10.0. The van der Waals surface area contributed by atoms with Gasteiger partial charge in [0.25, 0.3) is 11.8 Å². The van der Waals surface area contributed by atoms with Crippen molar-refractivity contribution in [3.05, 3.63) is 132 Å². The van der Waals surface area contributed by atoms with Crippen molar-refractivity contribution in [2.24, 2.45) is 0 Å². The van der Waals surface area contributed by atoms with Crippen molar-refractivity contribution in [1.29, 1.82) is 0 Å². The van der Waals surface area contributed by atoms with Crippen molar-refractivity contribution in [3.63, 3.8) is 0 Å². The van der Waals surface area contributed by atoms with Crippen LogP contribution in [0, 0.1) is 0 Å². The molecule has 0 saturated carbocycles. The first-order chi connectivity index (χ1) is 21.2. The van der Waals surface area contributed by atoms with Gasteiger partial charge < -0.3 is 9.80 Å². The number of carbonyl (C=O) groups excluding carboxylic acids is 2. The number of pyridine rings is 2. The van der Waals surface area contributed by atoms with Crippen LogP contribution < -0.4 is 0 Å². The van der Waals surface area contributed by atoms with Gasteiger partial charge in [-0.25, -0.2) is 9.97 Å². The standard InChI is InChI=1S/C37H30N4O2/c42-36(30-24-34(26-12-3-1-4-13-26)38-32-18-9-7-16-28(30)32)40-20-11-21-41(23-22-40)37(43)31-25-35(27-14-5-2-6-15-27)39-33-19-10-8-17-29(31)33/h1-10,12-19,24-25H,11,20-23H2. The highest BCUT2D eigenvalue weighted by atomic mass is 16.2. The number of rotatable bonds is 4. The second kappa shape index (κ2) is 11.5. The molecule has 3 heterocycles. The van der Waals surface area contributed by atoms with Crippen LogP contribution in [0.5, 0.6) is 0 Å². The van der Waals surface area contributed by atoms with Crippen LogP contribution >= 0.6 is 0 Å². The summed E-state index contributed by atoms with van der Waals surface area (Å²) in [7, 11) is 0. The molecule has 0 radical (unpaired) electrons. The van der Waals surface area contributed by atoms with Crippen molar-refractivity contribution >= 4 is 33.6 Å². The second-order valence-corrected chi connectivity index (χ2v) is 10.8. The molecule has 2 amide bonds. The van der Waals surface area contributed by atoms with E-state index in [2.05, 4.69) is 0 Å². The molecule has 0 unspecified atom stereocenters. The van der Waals surface area contributed by atoms with E-state index in [1.807, 2.05) is 131 Å². The first-order valence-electron chi connectivity index (χ1n) is 14.6. The Kier molecular flexibility index (Phi) is 7.09. The maximum Gasteiger partial charge on any atom is 0.254 e. The van der Waals surface area contributed by atoms with Gasteiger partial charge in [0.2, 0.25) is 0 Å². The van der Waals surface area contributed by atoms with Gasteiger partial charge in [0.15, 0.2) is 0 Å². The zero-order chi connectivity index (χ0) is 29.2. The maximum absolute atomic E-state index is 14.1. The molecule has 6 heteroatoms. The van der Waals surface area contributed by atoms with E-state index in [-0.39, 0.29) is 11.8 Å². The lowest BCUT2D eigenvalue weighted by molar-refractivity contribution is 0.0720. The molecule has 4 aromatic carbocycles. The Bertz CT molecular complexity index is 1810. The summed E-state index contributed by atoms with van der Waals surface area (Å²) >= 11 is 0. The first-order valence-corrected chi connectivity index (χ1v) is 14.6. The van der Waals surface area contributed by atoms with E-state index in [0.29, 0.717) is 43.7 Å². The van der Waals surface area contributed by atoms with Gasteiger partial charge in [-0.05, 0) is 30.7 Å². The molecule has 0 bridgehead atoms. The molecule has 2 aromatic heterocycles. The van der Waals surface area contributed by atoms with E-state index in [1.165, 1.54) is 0 Å². The maximum atomic E-state index is 14.1. The molecular formula is C37H30N4O2. The first kappa shape index (κ1) is 26.5. The van der Waals surface area contributed by atoms with E-state index < -0.39 is 0 Å². The summed E-state index contributed by atoms with van der Waals surface area (Å²) in [6.07, 6.45) is 0.695. The summed E-state index contributed by atoms with van der Waals surface area (Å²) in [4.78, 5) is 41.6. The van der Waals surface area contributed by atoms with Crippen LogP contribution in [0.25, 0.3) is 44.3 Å². The van der Waals surface area contributed by atoms with Gasteiger partial charge in [0.05, 0.1) is 33.5 Å². The van der Waals surface area contributed by atoms with Gasteiger partial charge in [-0.15, -0.1) is 0 Å². The normalized spacial score (nSPS) is 13.7. The Morgan fingerprint density at radius 1 is 0.488 bits per heavy atom. The topological polar surface area (TPSA) is 66.4 Å². The fourth-order valence-corrected chi connectivity index (χ4v) is 5.88. The Labute approximate surface area is 250 Å². The van der Waals surface area contributed by atoms with Crippen molar-refractivity contribution in [1.82, 2.24) is 19.8 Å². The summed E-state index contributed by atoms with van der Waals surface area (Å²) in [5, 5.41) is 1.67. The van der Waals surface area contributed by atoms with Crippen LogP contribution in [0.2, 0.25) is 0 Å². The summed E-state index contributed by atoms with van der Waals surface area (Å²) in [5.41, 5.74) is 6.33. The highest BCUT2D eigenvalue weighted by Crippen LogP contribution is 2.28. The van der Waals surface area contributed by atoms with Crippen LogP contribution in [0.3, 0.4) is 0 Å². The average molecular weight is 563 g/mol. The predicted octanol–water partition coefficient (Wildman–Crippen LogP) is 7.11. The summed E-state index contributed by atoms with van der Waals surface area (Å²) in [6.45, 7) is 2.06. The largest absolute Gasteiger partial charge is 0.337 e. The number of fused-ring (bicyclic) bond motifs is 2. The zero-order valence-electron chi connectivity index (χ0n) is 23.7. The van der Waals surface area contributed by atoms with Gasteiger partial charge in [0.1, 0.15) is 0 Å². The number of hydrogen-bond acceptors (Lipinski definition) is 4. The fourth-order valence-electron chi connectivity index (χ4n) is 5.88. The molecule has 210 valence electrons. The minimum atomic E-state index is -0.0363. The van der Waals surface area contributed by atoms with Crippen molar-refractivity contribution in [3.8, 4) is 22.5 Å².